The molecule has 0 unspecified atom stereocenters. The van der Waals surface area contributed by atoms with Gasteiger partial charge in [0.2, 0.25) is 0 Å². The summed E-state index contributed by atoms with van der Waals surface area (Å²) >= 11 is 0. The molecule has 51 heavy (non-hydrogen) atoms. The Labute approximate surface area is 293 Å². The molecule has 0 bridgehead atoms. The molecule has 0 saturated carbocycles. The third-order valence-corrected chi connectivity index (χ3v) is 10.5. The number of nitrogens with zero attached hydrogens (tertiary/aromatic N) is 4. The quantitative estimate of drug-likeness (QED) is 0.186. The van der Waals surface area contributed by atoms with Crippen molar-refractivity contribution in [1.82, 2.24) is 18.7 Å². The normalized spacial score (nSPS) is 11.9. The lowest BCUT2D eigenvalue weighted by molar-refractivity contribution is 1.16. The Kier molecular flexibility index (Phi) is 5.92. The first-order chi connectivity index (χ1) is 25.3. The molecule has 0 radical (unpaired) electrons. The molecule has 4 aromatic heterocycles. The number of benzene rings is 7. The molecule has 0 aliphatic rings. The van der Waals surface area contributed by atoms with Gasteiger partial charge in [-0.15, -0.1) is 0 Å². The minimum absolute atomic E-state index is 1.00. The third kappa shape index (κ3) is 4.11. The van der Waals surface area contributed by atoms with Crippen LogP contribution in [-0.2, 0) is 0 Å². The van der Waals surface area contributed by atoms with Crippen molar-refractivity contribution in [3.05, 3.63) is 182 Å². The van der Waals surface area contributed by atoms with Crippen LogP contribution in [-0.4, -0.2) is 18.7 Å². The van der Waals surface area contributed by atoms with Crippen LogP contribution in [0.5, 0.6) is 0 Å². The highest BCUT2D eigenvalue weighted by Crippen LogP contribution is 2.41. The summed E-state index contributed by atoms with van der Waals surface area (Å²) < 4.78 is 7.16. The van der Waals surface area contributed by atoms with Crippen molar-refractivity contribution in [3.63, 3.8) is 0 Å². The molecule has 0 spiro atoms. The van der Waals surface area contributed by atoms with E-state index in [0.29, 0.717) is 0 Å². The molecule has 0 atom stereocenters. The second kappa shape index (κ2) is 10.8. The van der Waals surface area contributed by atoms with Gasteiger partial charge in [-0.05, 0) is 90.0 Å². The van der Waals surface area contributed by atoms with E-state index < -0.39 is 0 Å². The van der Waals surface area contributed by atoms with Crippen molar-refractivity contribution in [2.75, 3.05) is 0 Å². The fourth-order valence-corrected chi connectivity index (χ4v) is 8.24. The van der Waals surface area contributed by atoms with E-state index in [9.17, 15) is 0 Å². The summed E-state index contributed by atoms with van der Waals surface area (Å²) in [6.45, 7) is 0. The lowest BCUT2D eigenvalue weighted by Gasteiger charge is -2.11. The van der Waals surface area contributed by atoms with Crippen LogP contribution in [0, 0.1) is 0 Å². The van der Waals surface area contributed by atoms with E-state index in [1.165, 1.54) is 54.7 Å². The van der Waals surface area contributed by atoms with Gasteiger partial charge >= 0.3 is 0 Å². The second-order valence-corrected chi connectivity index (χ2v) is 13.2. The molecule has 4 heteroatoms. The largest absolute Gasteiger partial charge is 0.309 e. The highest BCUT2D eigenvalue weighted by molar-refractivity contribution is 6.19. The lowest BCUT2D eigenvalue weighted by atomic mass is 10.1. The van der Waals surface area contributed by atoms with Gasteiger partial charge in [-0.1, -0.05) is 97.1 Å². The van der Waals surface area contributed by atoms with E-state index in [-0.39, 0.29) is 0 Å². The summed E-state index contributed by atoms with van der Waals surface area (Å²) in [4.78, 5) is 4.90. The van der Waals surface area contributed by atoms with Gasteiger partial charge in [-0.2, -0.15) is 0 Å². The molecule has 0 aliphatic heterocycles. The summed E-state index contributed by atoms with van der Waals surface area (Å²) in [5.74, 6) is 0. The fourth-order valence-electron chi connectivity index (χ4n) is 8.24. The molecule has 0 aliphatic carbocycles. The summed E-state index contributed by atoms with van der Waals surface area (Å²) in [6, 6.07) is 63.5. The number of para-hydroxylation sites is 3. The highest BCUT2D eigenvalue weighted by atomic mass is 15.0. The molecule has 238 valence electrons. The van der Waals surface area contributed by atoms with Gasteiger partial charge in [-0.25, -0.2) is 0 Å². The summed E-state index contributed by atoms with van der Waals surface area (Å²) in [7, 11) is 0. The number of hydrogen-bond donors (Lipinski definition) is 0. The molecular weight excluding hydrogens is 621 g/mol. The molecule has 7 aromatic carbocycles. The van der Waals surface area contributed by atoms with Crippen LogP contribution in [0.3, 0.4) is 0 Å². The number of rotatable bonds is 4. The molecule has 0 fully saturated rings. The van der Waals surface area contributed by atoms with E-state index in [1.807, 2.05) is 12.3 Å². The average Bonchev–Trinajstić information content (AvgIpc) is 3.83. The zero-order chi connectivity index (χ0) is 33.5. The first-order valence-corrected chi connectivity index (χ1v) is 17.4. The SMILES string of the molecule is c1ccc(-c2ccc(-n3c4ccccc4c4cc5c(cc43)c3ccccc3n5-c3ccc4c(c3)c3ncccc3n4-c3ccccc3)cc2)cc1. The Morgan fingerprint density at radius 3 is 1.47 bits per heavy atom. The number of aromatic nitrogens is 4. The predicted octanol–water partition coefficient (Wildman–Crippen LogP) is 12.0. The topological polar surface area (TPSA) is 27.7 Å². The van der Waals surface area contributed by atoms with Gasteiger partial charge in [0.15, 0.2) is 0 Å². The molecular formula is C47H30N4. The summed E-state index contributed by atoms with van der Waals surface area (Å²) in [5, 5.41) is 6.07. The number of hydrogen-bond acceptors (Lipinski definition) is 1. The smallest absolute Gasteiger partial charge is 0.0964 e. The maximum Gasteiger partial charge on any atom is 0.0964 e. The minimum atomic E-state index is 1.00. The van der Waals surface area contributed by atoms with E-state index in [2.05, 4.69) is 184 Å². The second-order valence-electron chi connectivity index (χ2n) is 13.2. The van der Waals surface area contributed by atoms with Crippen molar-refractivity contribution >= 4 is 65.5 Å². The minimum Gasteiger partial charge on any atom is -0.309 e. The Hall–Kier alpha value is -6.91. The van der Waals surface area contributed by atoms with Crippen molar-refractivity contribution in [2.24, 2.45) is 0 Å². The molecule has 0 saturated heterocycles. The Balaban J connectivity index is 1.17. The summed E-state index contributed by atoms with van der Waals surface area (Å²) in [6.07, 6.45) is 1.89. The maximum atomic E-state index is 4.90. The Bertz CT molecular complexity index is 3110. The molecule has 0 amide bonds. The third-order valence-electron chi connectivity index (χ3n) is 10.5. The van der Waals surface area contributed by atoms with Crippen LogP contribution in [0.4, 0.5) is 0 Å². The van der Waals surface area contributed by atoms with Crippen molar-refractivity contribution < 1.29 is 0 Å². The van der Waals surface area contributed by atoms with Gasteiger partial charge < -0.3 is 13.7 Å². The van der Waals surface area contributed by atoms with E-state index >= 15 is 0 Å². The molecule has 4 heterocycles. The predicted molar refractivity (Wildman–Crippen MR) is 213 cm³/mol. The average molecular weight is 651 g/mol. The summed E-state index contributed by atoms with van der Waals surface area (Å²) in [5.41, 5.74) is 13.8. The standard InChI is InChI=1S/C47H30N4/c1-3-12-31(13-4-1)32-21-23-34(24-22-32)50-41-18-9-7-16-36(41)38-30-46-39(29-45(38)50)37-17-8-10-19-42(37)51(46)35-25-26-43-40(28-35)47-44(20-11-27-48-47)49(43)33-14-5-2-6-15-33/h1-30H. The first kappa shape index (κ1) is 28.0. The van der Waals surface area contributed by atoms with E-state index in [4.69, 9.17) is 4.98 Å². The van der Waals surface area contributed by atoms with Crippen LogP contribution in [0.2, 0.25) is 0 Å². The Morgan fingerprint density at radius 1 is 0.294 bits per heavy atom. The molecule has 11 aromatic rings. The van der Waals surface area contributed by atoms with Gasteiger partial charge in [-0.3, -0.25) is 4.98 Å². The zero-order valence-corrected chi connectivity index (χ0v) is 27.6. The number of fused-ring (bicyclic) bond motifs is 9. The van der Waals surface area contributed by atoms with Crippen LogP contribution < -0.4 is 0 Å². The van der Waals surface area contributed by atoms with Crippen LogP contribution >= 0.6 is 0 Å². The number of pyridine rings is 1. The van der Waals surface area contributed by atoms with E-state index in [1.54, 1.807) is 0 Å². The molecule has 4 nitrogen and oxygen atoms in total. The van der Waals surface area contributed by atoms with Crippen LogP contribution in [0.25, 0.3) is 93.7 Å². The van der Waals surface area contributed by atoms with Crippen molar-refractivity contribution in [3.8, 4) is 28.2 Å². The van der Waals surface area contributed by atoms with Crippen LogP contribution in [0.15, 0.2) is 182 Å². The lowest BCUT2D eigenvalue weighted by Crippen LogP contribution is -1.96. The van der Waals surface area contributed by atoms with E-state index in [0.717, 1.165) is 39.0 Å². The first-order valence-electron chi connectivity index (χ1n) is 17.4. The maximum absolute atomic E-state index is 4.90. The van der Waals surface area contributed by atoms with Gasteiger partial charge in [0.05, 0.1) is 38.6 Å². The molecule has 11 rings (SSSR count). The van der Waals surface area contributed by atoms with Gasteiger partial charge in [0, 0.05) is 50.2 Å². The fraction of sp³-hybridized carbons (Fsp3) is 0. The van der Waals surface area contributed by atoms with Gasteiger partial charge in [0.1, 0.15) is 0 Å². The van der Waals surface area contributed by atoms with Crippen LogP contribution in [0.1, 0.15) is 0 Å². The molecule has 0 N–H and O–H groups in total. The highest BCUT2D eigenvalue weighted by Gasteiger charge is 2.20. The van der Waals surface area contributed by atoms with Gasteiger partial charge in [0.25, 0.3) is 0 Å². The van der Waals surface area contributed by atoms with Crippen molar-refractivity contribution in [2.45, 2.75) is 0 Å². The van der Waals surface area contributed by atoms with Crippen molar-refractivity contribution in [1.29, 1.82) is 0 Å². The Morgan fingerprint density at radius 2 is 0.784 bits per heavy atom. The zero-order valence-electron chi connectivity index (χ0n) is 27.6. The monoisotopic (exact) mass is 650 g/mol.